The second-order valence-electron chi connectivity index (χ2n) is 5.91. The van der Waals surface area contributed by atoms with Gasteiger partial charge in [-0.1, -0.05) is 36.0 Å². The number of carbonyl (C=O) groups excluding carboxylic acids is 1. The molecule has 0 aliphatic carbocycles. The second kappa shape index (κ2) is 8.52. The molecule has 2 heterocycles. The number of nitrogens with one attached hydrogen (secondary N) is 2. The van der Waals surface area contributed by atoms with Crippen LogP contribution in [0, 0.1) is 0 Å². The summed E-state index contributed by atoms with van der Waals surface area (Å²) in [5.41, 5.74) is 0.637. The minimum atomic E-state index is -0.157. The van der Waals surface area contributed by atoms with Crippen molar-refractivity contribution < 1.29 is 9.53 Å². The molecular weight excluding hydrogens is 361 g/mol. The number of halogens is 2. The van der Waals surface area contributed by atoms with Gasteiger partial charge in [0.15, 0.2) is 0 Å². The van der Waals surface area contributed by atoms with Crippen LogP contribution in [0.4, 0.5) is 5.69 Å². The predicted octanol–water partition coefficient (Wildman–Crippen LogP) is 4.65. The molecule has 7 heteroatoms. The molecule has 3 rings (SSSR count). The minimum absolute atomic E-state index is 0.0361. The van der Waals surface area contributed by atoms with E-state index in [1.54, 1.807) is 30.3 Å². The molecule has 5 nitrogen and oxygen atoms in total. The largest absolute Gasteiger partial charge is 0.437 e. The van der Waals surface area contributed by atoms with Gasteiger partial charge in [0.1, 0.15) is 5.75 Å². The average Bonchev–Trinajstić information content (AvgIpc) is 2.88. The number of hydrogen-bond donors (Lipinski definition) is 2. The van der Waals surface area contributed by atoms with Crippen molar-refractivity contribution in [2.24, 2.45) is 0 Å². The van der Waals surface area contributed by atoms with E-state index in [9.17, 15) is 4.79 Å². The Balaban J connectivity index is 1.64. The summed E-state index contributed by atoms with van der Waals surface area (Å²) < 4.78 is 5.63. The van der Waals surface area contributed by atoms with Gasteiger partial charge in [-0.2, -0.15) is 0 Å². The van der Waals surface area contributed by atoms with E-state index in [1.165, 1.54) is 6.20 Å². The molecule has 1 unspecified atom stereocenters. The summed E-state index contributed by atoms with van der Waals surface area (Å²) in [5, 5.41) is 7.10. The number of hydrogen-bond acceptors (Lipinski definition) is 4. The van der Waals surface area contributed by atoms with E-state index in [0.717, 1.165) is 32.2 Å². The Kier molecular flexibility index (Phi) is 6.13. The van der Waals surface area contributed by atoms with E-state index in [-0.39, 0.29) is 11.9 Å². The van der Waals surface area contributed by atoms with Crippen LogP contribution in [0.15, 0.2) is 36.5 Å². The molecule has 0 spiro atoms. The SMILES string of the molecule is O=C(Nc1ccc(Oc2ccc(Cl)cn2)c(Cl)c1)C1CCCCCN1. The van der Waals surface area contributed by atoms with Crippen LogP contribution in [0.5, 0.6) is 11.6 Å². The Labute approximate surface area is 156 Å². The van der Waals surface area contributed by atoms with Crippen molar-refractivity contribution >= 4 is 34.8 Å². The van der Waals surface area contributed by atoms with Crippen LogP contribution in [0.2, 0.25) is 10.0 Å². The number of aromatic nitrogens is 1. The summed E-state index contributed by atoms with van der Waals surface area (Å²) in [6.45, 7) is 0.875. The van der Waals surface area contributed by atoms with E-state index < -0.39 is 0 Å². The Hall–Kier alpha value is -1.82. The van der Waals surface area contributed by atoms with Gasteiger partial charge in [-0.25, -0.2) is 4.98 Å². The molecule has 0 saturated carbocycles. The molecule has 2 aromatic rings. The van der Waals surface area contributed by atoms with Gasteiger partial charge in [-0.15, -0.1) is 0 Å². The molecule has 1 aliphatic rings. The summed E-state index contributed by atoms with van der Waals surface area (Å²) in [6, 6.07) is 8.32. The molecule has 1 saturated heterocycles. The standard InChI is InChI=1S/C18H19Cl2N3O2/c19-12-5-8-17(22-11-12)25-16-7-6-13(10-14(16)20)23-18(24)15-4-2-1-3-9-21-15/h5-8,10-11,15,21H,1-4,9H2,(H,23,24). The molecule has 25 heavy (non-hydrogen) atoms. The fraction of sp³-hybridized carbons (Fsp3) is 0.333. The summed E-state index contributed by atoms with van der Waals surface area (Å²) in [6.07, 6.45) is 5.68. The molecule has 2 N–H and O–H groups in total. The lowest BCUT2D eigenvalue weighted by Gasteiger charge is -2.16. The normalized spacial score (nSPS) is 17.6. The van der Waals surface area contributed by atoms with E-state index in [4.69, 9.17) is 27.9 Å². The molecule has 132 valence electrons. The van der Waals surface area contributed by atoms with E-state index >= 15 is 0 Å². The van der Waals surface area contributed by atoms with Gasteiger partial charge in [-0.3, -0.25) is 4.79 Å². The first-order valence-corrected chi connectivity index (χ1v) is 9.00. The van der Waals surface area contributed by atoms with Crippen LogP contribution in [0.25, 0.3) is 0 Å². The summed E-state index contributed by atoms with van der Waals surface area (Å²) >= 11 is 12.1. The van der Waals surface area contributed by atoms with Crippen molar-refractivity contribution in [1.82, 2.24) is 10.3 Å². The monoisotopic (exact) mass is 379 g/mol. The minimum Gasteiger partial charge on any atom is -0.437 e. The maximum absolute atomic E-state index is 12.4. The maximum atomic E-state index is 12.4. The number of carbonyl (C=O) groups is 1. The molecule has 1 aromatic carbocycles. The van der Waals surface area contributed by atoms with E-state index in [1.807, 2.05) is 0 Å². The average molecular weight is 380 g/mol. The number of ether oxygens (including phenoxy) is 1. The Morgan fingerprint density at radius 3 is 2.84 bits per heavy atom. The van der Waals surface area contributed by atoms with Gasteiger partial charge in [-0.05, 0) is 43.7 Å². The highest BCUT2D eigenvalue weighted by Crippen LogP contribution is 2.31. The highest BCUT2D eigenvalue weighted by atomic mass is 35.5. The van der Waals surface area contributed by atoms with Gasteiger partial charge in [0.25, 0.3) is 0 Å². The van der Waals surface area contributed by atoms with Crippen molar-refractivity contribution in [3.05, 3.63) is 46.6 Å². The molecular formula is C18H19Cl2N3O2. The molecule has 1 aromatic heterocycles. The van der Waals surface area contributed by atoms with E-state index in [0.29, 0.717) is 27.4 Å². The first kappa shape index (κ1) is 18.0. The van der Waals surface area contributed by atoms with Crippen molar-refractivity contribution in [3.8, 4) is 11.6 Å². The molecule has 1 aliphatic heterocycles. The van der Waals surface area contributed by atoms with Crippen LogP contribution in [0.3, 0.4) is 0 Å². The topological polar surface area (TPSA) is 63.2 Å². The van der Waals surface area contributed by atoms with Gasteiger partial charge in [0.2, 0.25) is 11.8 Å². The zero-order valence-corrected chi connectivity index (χ0v) is 15.1. The summed E-state index contributed by atoms with van der Waals surface area (Å²) in [4.78, 5) is 16.4. The number of benzene rings is 1. The highest BCUT2D eigenvalue weighted by molar-refractivity contribution is 6.32. The lowest BCUT2D eigenvalue weighted by Crippen LogP contribution is -2.39. The molecule has 0 bridgehead atoms. The Morgan fingerprint density at radius 1 is 1.20 bits per heavy atom. The summed E-state index contributed by atoms with van der Waals surface area (Å²) in [7, 11) is 0. The number of amides is 1. The zero-order valence-electron chi connectivity index (χ0n) is 13.6. The fourth-order valence-corrected chi connectivity index (χ4v) is 3.01. The van der Waals surface area contributed by atoms with Gasteiger partial charge < -0.3 is 15.4 Å². The van der Waals surface area contributed by atoms with Crippen molar-refractivity contribution in [2.45, 2.75) is 31.7 Å². The first-order valence-electron chi connectivity index (χ1n) is 8.25. The van der Waals surface area contributed by atoms with Crippen LogP contribution in [0.1, 0.15) is 25.7 Å². The number of nitrogens with zero attached hydrogens (tertiary/aromatic N) is 1. The third kappa shape index (κ3) is 5.08. The van der Waals surface area contributed by atoms with Crippen LogP contribution >= 0.6 is 23.2 Å². The molecule has 1 fully saturated rings. The van der Waals surface area contributed by atoms with Crippen molar-refractivity contribution in [2.75, 3.05) is 11.9 Å². The smallest absolute Gasteiger partial charge is 0.241 e. The van der Waals surface area contributed by atoms with Gasteiger partial charge in [0, 0.05) is 18.0 Å². The van der Waals surface area contributed by atoms with Crippen LogP contribution in [-0.2, 0) is 4.79 Å². The molecule has 1 amide bonds. The lowest BCUT2D eigenvalue weighted by molar-refractivity contribution is -0.118. The van der Waals surface area contributed by atoms with Crippen molar-refractivity contribution in [3.63, 3.8) is 0 Å². The number of pyridine rings is 1. The lowest BCUT2D eigenvalue weighted by atomic mass is 10.1. The van der Waals surface area contributed by atoms with Crippen LogP contribution in [-0.4, -0.2) is 23.5 Å². The third-order valence-corrected chi connectivity index (χ3v) is 4.51. The Morgan fingerprint density at radius 2 is 2.08 bits per heavy atom. The number of rotatable bonds is 4. The zero-order chi connectivity index (χ0) is 17.6. The summed E-state index contributed by atoms with van der Waals surface area (Å²) in [5.74, 6) is 0.818. The predicted molar refractivity (Wildman–Crippen MR) is 99.7 cm³/mol. The quantitative estimate of drug-likeness (QED) is 0.811. The third-order valence-electron chi connectivity index (χ3n) is 3.99. The Bertz CT molecular complexity index is 730. The number of anilines is 1. The van der Waals surface area contributed by atoms with Gasteiger partial charge >= 0.3 is 0 Å². The molecule has 0 radical (unpaired) electrons. The second-order valence-corrected chi connectivity index (χ2v) is 6.75. The first-order chi connectivity index (χ1) is 12.1. The highest BCUT2D eigenvalue weighted by Gasteiger charge is 2.19. The van der Waals surface area contributed by atoms with Gasteiger partial charge in [0.05, 0.1) is 16.1 Å². The van der Waals surface area contributed by atoms with Crippen molar-refractivity contribution in [1.29, 1.82) is 0 Å². The van der Waals surface area contributed by atoms with Crippen LogP contribution < -0.4 is 15.4 Å². The maximum Gasteiger partial charge on any atom is 0.241 e. The fourth-order valence-electron chi connectivity index (χ4n) is 2.68. The van der Waals surface area contributed by atoms with E-state index in [2.05, 4.69) is 15.6 Å². The molecule has 1 atom stereocenters.